The van der Waals surface area contributed by atoms with E-state index in [1.54, 1.807) is 36.4 Å². The minimum Gasteiger partial charge on any atom is -0.387 e. The van der Waals surface area contributed by atoms with Gasteiger partial charge in [-0.25, -0.2) is 23.6 Å². The molecule has 4 N–H and O–H groups in total. The van der Waals surface area contributed by atoms with Gasteiger partial charge in [0.2, 0.25) is 10.0 Å². The van der Waals surface area contributed by atoms with Crippen LogP contribution in [0.5, 0.6) is 0 Å². The van der Waals surface area contributed by atoms with E-state index in [0.29, 0.717) is 46.5 Å². The van der Waals surface area contributed by atoms with Crippen LogP contribution in [0.2, 0.25) is 0 Å². The van der Waals surface area contributed by atoms with Gasteiger partial charge in [-0.1, -0.05) is 19.1 Å². The Hall–Kier alpha value is -4.46. The molecule has 202 valence electrons. The van der Waals surface area contributed by atoms with E-state index in [-0.39, 0.29) is 35.4 Å². The first-order valence-corrected chi connectivity index (χ1v) is 13.4. The van der Waals surface area contributed by atoms with Gasteiger partial charge in [0.15, 0.2) is 0 Å². The van der Waals surface area contributed by atoms with Crippen molar-refractivity contribution in [3.8, 4) is 11.1 Å². The number of carbonyl (C=O) groups is 1. The number of non-ortho nitro benzene ring substituents is 1. The number of aliphatic imine (C=N–C) groups is 1. The molecule has 13 heteroatoms. The van der Waals surface area contributed by atoms with Crippen LogP contribution in [0.4, 0.5) is 11.4 Å². The number of carbonyl (C=O) groups excluding carboxylic acids is 1. The van der Waals surface area contributed by atoms with Crippen LogP contribution in [-0.4, -0.2) is 41.7 Å². The van der Waals surface area contributed by atoms with Crippen molar-refractivity contribution in [1.29, 1.82) is 0 Å². The van der Waals surface area contributed by atoms with Gasteiger partial charge in [0.05, 0.1) is 10.6 Å². The summed E-state index contributed by atoms with van der Waals surface area (Å²) >= 11 is 0. The molecule has 0 unspecified atom stereocenters. The van der Waals surface area contributed by atoms with E-state index in [4.69, 9.17) is 15.7 Å². The van der Waals surface area contributed by atoms with Crippen molar-refractivity contribution in [2.45, 2.75) is 31.3 Å². The molecule has 1 amide bonds. The summed E-state index contributed by atoms with van der Waals surface area (Å²) in [7, 11) is -3.92. The minimum absolute atomic E-state index is 0.0335. The van der Waals surface area contributed by atoms with Crippen LogP contribution in [0.3, 0.4) is 0 Å². The first kappa shape index (κ1) is 27.6. The lowest BCUT2D eigenvalue weighted by atomic mass is 10.0. The second kappa shape index (κ2) is 11.5. The van der Waals surface area contributed by atoms with Crippen molar-refractivity contribution in [3.63, 3.8) is 0 Å². The molecule has 0 spiro atoms. The van der Waals surface area contributed by atoms with Crippen LogP contribution in [-0.2, 0) is 26.3 Å². The monoisotopic (exact) mass is 550 g/mol. The molecule has 0 atom stereocenters. The Bertz CT molecular complexity index is 1580. The number of hydrogen-bond donors (Lipinski definition) is 2. The zero-order chi connectivity index (χ0) is 28.2. The second-order valence-corrected chi connectivity index (χ2v) is 10.3. The van der Waals surface area contributed by atoms with Crippen LogP contribution < -0.4 is 10.9 Å². The fourth-order valence-electron chi connectivity index (χ4n) is 3.89. The number of nitro benzene ring substituents is 1. The summed E-state index contributed by atoms with van der Waals surface area (Å²) < 4.78 is 23.5. The Labute approximate surface area is 224 Å². The summed E-state index contributed by atoms with van der Waals surface area (Å²) in [6.07, 6.45) is 5.10. The molecule has 1 aromatic heterocycles. The molecule has 0 radical (unpaired) electrons. The van der Waals surface area contributed by atoms with E-state index in [1.807, 2.05) is 6.92 Å². The van der Waals surface area contributed by atoms with E-state index in [1.165, 1.54) is 35.7 Å². The van der Waals surface area contributed by atoms with Crippen LogP contribution in [0, 0.1) is 10.1 Å². The van der Waals surface area contributed by atoms with Crippen LogP contribution >= 0.6 is 0 Å². The largest absolute Gasteiger partial charge is 0.387 e. The van der Waals surface area contributed by atoms with Crippen molar-refractivity contribution in [1.82, 2.24) is 10.0 Å². The highest BCUT2D eigenvalue weighted by molar-refractivity contribution is 7.89. The Kier molecular flexibility index (Phi) is 8.14. The number of amides is 1. The number of aromatic nitrogens is 1. The molecule has 3 aromatic rings. The summed E-state index contributed by atoms with van der Waals surface area (Å²) in [5.74, 6) is -0.160. The number of nitro groups is 1. The van der Waals surface area contributed by atoms with Gasteiger partial charge in [-0.15, -0.1) is 0 Å². The predicted molar refractivity (Wildman–Crippen MR) is 145 cm³/mol. The number of fused-ring (bicyclic) bond motifs is 1. The molecule has 4 rings (SSSR count). The lowest BCUT2D eigenvalue weighted by Crippen LogP contribution is -2.34. The van der Waals surface area contributed by atoms with Gasteiger partial charge < -0.3 is 5.73 Å². The molecule has 0 bridgehead atoms. The number of rotatable bonds is 9. The number of hydrogen-bond acceptors (Lipinski definition) is 9. The Morgan fingerprint density at radius 1 is 1.13 bits per heavy atom. The normalized spacial score (nSPS) is 13.1. The molecule has 2 heterocycles. The molecule has 0 aliphatic carbocycles. The quantitative estimate of drug-likeness (QED) is 0.300. The van der Waals surface area contributed by atoms with E-state index < -0.39 is 14.9 Å². The summed E-state index contributed by atoms with van der Waals surface area (Å²) in [5.41, 5.74) is 9.48. The number of amidine groups is 1. The Balaban J connectivity index is 1.58. The summed E-state index contributed by atoms with van der Waals surface area (Å²) in [6.45, 7) is 2.27. The lowest BCUT2D eigenvalue weighted by molar-refractivity contribution is -0.384. The number of sulfonamides is 1. The topological polar surface area (TPSA) is 184 Å². The molecular formula is C26H26N6O6S. The highest BCUT2D eigenvalue weighted by atomic mass is 32.2. The molecule has 2 aromatic carbocycles. The number of nitrogens with two attached hydrogens (primary N) is 2. The molecule has 1 aliphatic rings. The Morgan fingerprint density at radius 3 is 2.54 bits per heavy atom. The standard InChI is InChI=1S/C26H26N6O6S/c1-2-9-31(38-16-17-3-7-22(8-4-17)32(34)35)26(33)20-10-19-6-5-18(12-24(19)30-25(27)13-20)21-11-23(15-29-14-21)39(28,36)37/h3-8,10-12,14-15H,2,9,13,16H2,1H3,(H2,27,30)(H2,28,36,37). The zero-order valence-electron chi connectivity index (χ0n) is 21.0. The molecule has 39 heavy (non-hydrogen) atoms. The van der Waals surface area contributed by atoms with Crippen LogP contribution in [0.25, 0.3) is 17.2 Å². The minimum atomic E-state index is -3.92. The van der Waals surface area contributed by atoms with Gasteiger partial charge in [0, 0.05) is 54.2 Å². The fourth-order valence-corrected chi connectivity index (χ4v) is 4.39. The molecule has 0 fully saturated rings. The number of nitrogens with zero attached hydrogens (tertiary/aromatic N) is 4. The van der Waals surface area contributed by atoms with Crippen LogP contribution in [0.1, 0.15) is 30.9 Å². The van der Waals surface area contributed by atoms with Gasteiger partial charge in [-0.2, -0.15) is 0 Å². The highest BCUT2D eigenvalue weighted by Gasteiger charge is 2.23. The highest BCUT2D eigenvalue weighted by Crippen LogP contribution is 2.32. The Morgan fingerprint density at radius 2 is 1.87 bits per heavy atom. The van der Waals surface area contributed by atoms with Crippen molar-refractivity contribution < 1.29 is 23.0 Å². The molecule has 0 saturated carbocycles. The van der Waals surface area contributed by atoms with E-state index in [2.05, 4.69) is 9.98 Å². The third kappa shape index (κ3) is 6.71. The number of primary sulfonamides is 1. The molecule has 1 aliphatic heterocycles. The van der Waals surface area contributed by atoms with E-state index in [0.717, 1.165) is 0 Å². The average Bonchev–Trinajstić information content (AvgIpc) is 3.08. The molecular weight excluding hydrogens is 524 g/mol. The van der Waals surface area contributed by atoms with Gasteiger partial charge in [-0.3, -0.25) is 24.7 Å². The van der Waals surface area contributed by atoms with Gasteiger partial charge in [0.25, 0.3) is 11.6 Å². The SMILES string of the molecule is CCCN(OCc1ccc([N+](=O)[O-])cc1)C(=O)C1=Cc2ccc(-c3cncc(S(N)(=O)=O)c3)cc2N=C(N)C1. The molecule has 0 saturated heterocycles. The number of benzene rings is 2. The van der Waals surface area contributed by atoms with Crippen LogP contribution in [0.15, 0.2) is 76.4 Å². The van der Waals surface area contributed by atoms with Gasteiger partial charge in [-0.05, 0) is 47.9 Å². The summed E-state index contributed by atoms with van der Waals surface area (Å²) in [4.78, 5) is 37.9. The van der Waals surface area contributed by atoms with Gasteiger partial charge >= 0.3 is 0 Å². The van der Waals surface area contributed by atoms with Crippen molar-refractivity contribution in [3.05, 3.63) is 87.7 Å². The van der Waals surface area contributed by atoms with E-state index >= 15 is 0 Å². The van der Waals surface area contributed by atoms with Gasteiger partial charge in [0.1, 0.15) is 17.3 Å². The number of pyridine rings is 1. The van der Waals surface area contributed by atoms with Crippen molar-refractivity contribution >= 4 is 39.2 Å². The third-order valence-electron chi connectivity index (χ3n) is 5.83. The maximum Gasteiger partial charge on any atom is 0.273 e. The maximum atomic E-state index is 13.4. The maximum absolute atomic E-state index is 13.4. The molecule has 12 nitrogen and oxygen atoms in total. The van der Waals surface area contributed by atoms with E-state index in [9.17, 15) is 23.3 Å². The third-order valence-corrected chi connectivity index (χ3v) is 6.71. The average molecular weight is 551 g/mol. The number of hydroxylamine groups is 2. The summed E-state index contributed by atoms with van der Waals surface area (Å²) in [6, 6.07) is 12.6. The predicted octanol–water partition coefficient (Wildman–Crippen LogP) is 3.45. The fraction of sp³-hybridized carbons (Fsp3) is 0.192. The van der Waals surface area contributed by atoms with Crippen molar-refractivity contribution in [2.75, 3.05) is 6.54 Å². The first-order chi connectivity index (χ1) is 18.5. The zero-order valence-corrected chi connectivity index (χ0v) is 21.8. The second-order valence-electron chi connectivity index (χ2n) is 8.78. The lowest BCUT2D eigenvalue weighted by Gasteiger charge is -2.22. The smallest absolute Gasteiger partial charge is 0.273 e. The summed E-state index contributed by atoms with van der Waals surface area (Å²) in [5, 5.41) is 17.4. The first-order valence-electron chi connectivity index (χ1n) is 11.9. The van der Waals surface area contributed by atoms with Crippen molar-refractivity contribution in [2.24, 2.45) is 15.9 Å².